The van der Waals surface area contributed by atoms with Crippen molar-refractivity contribution in [3.8, 4) is 0 Å². The molecule has 0 spiro atoms. The minimum atomic E-state index is -1.71. The Hall–Kier alpha value is -1.83. The molecule has 0 radical (unpaired) electrons. The maximum atomic E-state index is 13.6. The average molecular weight is 1140 g/mol. The molecule has 2 saturated carbocycles. The van der Waals surface area contributed by atoms with E-state index in [0.717, 1.165) is 54.9 Å². The number of aliphatic hydroxyl groups excluding tert-OH is 8. The molecule has 0 aromatic carbocycles. The van der Waals surface area contributed by atoms with Crippen LogP contribution in [0, 0.1) is 23.7 Å². The maximum Gasteiger partial charge on any atom is 0.249 e. The second-order valence-electron chi connectivity index (χ2n) is 24.7. The van der Waals surface area contributed by atoms with E-state index in [9.17, 15) is 45.6 Å². The van der Waals surface area contributed by atoms with Gasteiger partial charge in [-0.25, -0.2) is 0 Å². The molecular weight excluding hydrogens is 1020 g/mol. The van der Waals surface area contributed by atoms with Crippen LogP contribution in [0.1, 0.15) is 240 Å². The second-order valence-corrected chi connectivity index (χ2v) is 24.7. The van der Waals surface area contributed by atoms with E-state index in [2.05, 4.69) is 37.4 Å². The summed E-state index contributed by atoms with van der Waals surface area (Å²) in [5.41, 5.74) is 0.946. The van der Waals surface area contributed by atoms with E-state index >= 15 is 0 Å². The zero-order valence-electron chi connectivity index (χ0n) is 50.4. The predicted molar refractivity (Wildman–Crippen MR) is 315 cm³/mol. The molecule has 4 fully saturated rings. The van der Waals surface area contributed by atoms with Crippen molar-refractivity contribution in [3.63, 3.8) is 0 Å². The van der Waals surface area contributed by atoms with E-state index in [1.807, 2.05) is 19.9 Å². The summed E-state index contributed by atoms with van der Waals surface area (Å²) in [6.07, 6.45) is 32.5. The Morgan fingerprint density at radius 1 is 0.537 bits per heavy atom. The number of carbonyl (C=O) groups is 1. The van der Waals surface area contributed by atoms with Gasteiger partial charge in [0, 0.05) is 0 Å². The summed E-state index contributed by atoms with van der Waals surface area (Å²) in [7, 11) is 0. The third-order valence-corrected chi connectivity index (χ3v) is 17.4. The van der Waals surface area contributed by atoms with E-state index in [1.54, 1.807) is 6.08 Å². The van der Waals surface area contributed by atoms with E-state index < -0.39 is 98.8 Å². The highest BCUT2D eigenvalue weighted by Gasteiger charge is 2.49. The number of carbonyl (C=O) groups excluding carboxylic acids is 1. The fourth-order valence-electron chi connectivity index (χ4n) is 11.8. The van der Waals surface area contributed by atoms with Crippen molar-refractivity contribution in [2.75, 3.05) is 26.4 Å². The predicted octanol–water partition coefficient (Wildman–Crippen LogP) is 10.3. The van der Waals surface area contributed by atoms with Crippen LogP contribution in [0.15, 0.2) is 36.0 Å². The number of ether oxygens (including phenoxy) is 5. The van der Waals surface area contributed by atoms with Crippen molar-refractivity contribution in [2.24, 2.45) is 23.7 Å². The summed E-state index contributed by atoms with van der Waals surface area (Å²) in [6, 6.07) is -1.00. The first kappa shape index (κ1) is 70.7. The fourth-order valence-corrected chi connectivity index (χ4v) is 11.8. The van der Waals surface area contributed by atoms with Gasteiger partial charge in [-0.2, -0.15) is 0 Å². The highest BCUT2D eigenvalue weighted by molar-refractivity contribution is 5.80. The standard InChI is InChI=1S/C65H117NO14/c1-5-7-9-11-13-16-22-28-34-48-42-50(48)36-30-24-18-15-19-26-32-38-53(68)52(66-63(75)54(69)39-33-27-21-20-25-31-37-51-43-49(51)35-29-23-17-14-12-10-8-6-2)45-77-65-62(76-41-40-47(3)4)60(73)58(71)56(80-65)46-78-64-61(74)59(72)57(70)55(44-67)79-64/h15,19,21,27,40,48-62,64-65,67-74H,5-14,16-18,20,22-26,28-39,41-46H2,1-4H3,(H,66,75)/b19-15-,27-21-/t48?,49?,50?,51?,52-,53+,54+,55+,56+,57-,58-,59-,60-,61+,62+,64+,65+/m0/s1. The molecule has 2 aliphatic heterocycles. The number of hydrogen-bond donors (Lipinski definition) is 9. The first-order valence-corrected chi connectivity index (χ1v) is 32.6. The molecule has 466 valence electrons. The molecule has 4 unspecified atom stereocenters. The molecular formula is C65H117NO14. The summed E-state index contributed by atoms with van der Waals surface area (Å²) in [5, 5.41) is 88.9. The summed E-state index contributed by atoms with van der Waals surface area (Å²) in [4.78, 5) is 13.6. The number of amides is 1. The quantitative estimate of drug-likeness (QED) is 0.0204. The lowest BCUT2D eigenvalue weighted by atomic mass is 9.98. The molecule has 15 heteroatoms. The zero-order valence-corrected chi connectivity index (χ0v) is 50.4. The lowest BCUT2D eigenvalue weighted by molar-refractivity contribution is -0.334. The largest absolute Gasteiger partial charge is 0.394 e. The zero-order chi connectivity index (χ0) is 57.9. The summed E-state index contributed by atoms with van der Waals surface area (Å²) in [5.74, 6) is 3.06. The third kappa shape index (κ3) is 28.4. The van der Waals surface area contributed by atoms with Crippen molar-refractivity contribution >= 4 is 5.91 Å². The van der Waals surface area contributed by atoms with Crippen molar-refractivity contribution < 1.29 is 69.3 Å². The third-order valence-electron chi connectivity index (χ3n) is 17.4. The van der Waals surface area contributed by atoms with Gasteiger partial charge in [0.15, 0.2) is 12.6 Å². The van der Waals surface area contributed by atoms with Crippen molar-refractivity contribution in [1.82, 2.24) is 5.32 Å². The summed E-state index contributed by atoms with van der Waals surface area (Å²) >= 11 is 0. The molecule has 0 bridgehead atoms. The van der Waals surface area contributed by atoms with Gasteiger partial charge in [-0.3, -0.25) is 4.79 Å². The Labute approximate surface area is 484 Å². The molecule has 2 aliphatic carbocycles. The van der Waals surface area contributed by atoms with Crippen LogP contribution in [0.2, 0.25) is 0 Å². The van der Waals surface area contributed by atoms with Crippen LogP contribution in [-0.2, 0) is 28.5 Å². The number of hydrogen-bond acceptors (Lipinski definition) is 14. The molecule has 80 heavy (non-hydrogen) atoms. The highest BCUT2D eigenvalue weighted by Crippen LogP contribution is 2.46. The fraction of sp³-hybridized carbons (Fsp3) is 0.892. The molecule has 15 nitrogen and oxygen atoms in total. The summed E-state index contributed by atoms with van der Waals surface area (Å²) < 4.78 is 29.6. The topological polar surface area (TPSA) is 237 Å². The molecule has 2 saturated heterocycles. The van der Waals surface area contributed by atoms with Gasteiger partial charge < -0.3 is 69.9 Å². The molecule has 0 aromatic rings. The molecule has 4 aliphatic rings. The van der Waals surface area contributed by atoms with Gasteiger partial charge in [0.05, 0.1) is 38.6 Å². The van der Waals surface area contributed by atoms with E-state index in [-0.39, 0.29) is 19.6 Å². The Bertz CT molecular complexity index is 1660. The van der Waals surface area contributed by atoms with Crippen molar-refractivity contribution in [2.45, 2.75) is 319 Å². The SMILES string of the molecule is CCCCCCCCCCC1CC1CCCC/C=C\CCC[C@@H](O)[C@H](CO[C@@H]1O[C@H](CO[C@@H]2O[C@H](CO)[C@H](O)[C@H](O)[C@H]2O)[C@H](O)[C@H](O)[C@H]1OCC=C(C)C)NC(=O)[C@H](O)CC/C=C\CCCCC1CC1CCCCCCCCCC. The normalized spacial score (nSPS) is 29.8. The van der Waals surface area contributed by atoms with E-state index in [4.69, 9.17) is 23.7 Å². The van der Waals surface area contributed by atoms with Crippen LogP contribution in [0.4, 0.5) is 0 Å². The number of unbranched alkanes of at least 4 members (excludes halogenated alkanes) is 19. The van der Waals surface area contributed by atoms with E-state index in [1.165, 1.54) is 161 Å². The smallest absolute Gasteiger partial charge is 0.249 e. The van der Waals surface area contributed by atoms with Crippen molar-refractivity contribution in [1.29, 1.82) is 0 Å². The Balaban J connectivity index is 1.25. The van der Waals surface area contributed by atoms with Gasteiger partial charge in [0.2, 0.25) is 5.91 Å². The van der Waals surface area contributed by atoms with Crippen LogP contribution in [0.5, 0.6) is 0 Å². The minimum absolute atomic E-state index is 0.0453. The van der Waals surface area contributed by atoms with Gasteiger partial charge >= 0.3 is 0 Å². The highest BCUT2D eigenvalue weighted by atomic mass is 16.7. The van der Waals surface area contributed by atoms with Crippen LogP contribution in [-0.4, -0.2) is 153 Å². The van der Waals surface area contributed by atoms with Gasteiger partial charge in [-0.05, 0) is 108 Å². The second kappa shape index (κ2) is 42.1. The average Bonchev–Trinajstić information content (AvgIpc) is 4.42. The number of aliphatic hydroxyl groups is 8. The molecule has 2 heterocycles. The Kier molecular flexibility index (Phi) is 37.2. The first-order chi connectivity index (χ1) is 38.8. The van der Waals surface area contributed by atoms with Crippen LogP contribution < -0.4 is 5.32 Å². The summed E-state index contributed by atoms with van der Waals surface area (Å²) in [6.45, 7) is 6.88. The molecule has 0 aromatic heterocycles. The molecule has 17 atom stereocenters. The van der Waals surface area contributed by atoms with Gasteiger partial charge in [0.25, 0.3) is 0 Å². The van der Waals surface area contributed by atoms with Gasteiger partial charge in [-0.15, -0.1) is 0 Å². The lowest BCUT2D eigenvalue weighted by Gasteiger charge is -2.44. The van der Waals surface area contributed by atoms with Crippen molar-refractivity contribution in [3.05, 3.63) is 36.0 Å². The van der Waals surface area contributed by atoms with Crippen LogP contribution in [0.25, 0.3) is 0 Å². The van der Waals surface area contributed by atoms with Crippen LogP contribution >= 0.6 is 0 Å². The Morgan fingerprint density at radius 3 is 1.54 bits per heavy atom. The minimum Gasteiger partial charge on any atom is -0.394 e. The first-order valence-electron chi connectivity index (χ1n) is 32.6. The monoisotopic (exact) mass is 1140 g/mol. The number of rotatable bonds is 48. The van der Waals surface area contributed by atoms with Gasteiger partial charge in [0.1, 0.15) is 54.9 Å². The lowest BCUT2D eigenvalue weighted by Crippen LogP contribution is -2.62. The Morgan fingerprint density at radius 2 is 1.01 bits per heavy atom. The molecule has 4 rings (SSSR count). The van der Waals surface area contributed by atoms with E-state index in [0.29, 0.717) is 19.3 Å². The number of nitrogens with one attached hydrogen (secondary N) is 1. The number of allylic oxidation sites excluding steroid dienone is 5. The maximum absolute atomic E-state index is 13.6. The van der Waals surface area contributed by atoms with Crippen LogP contribution in [0.3, 0.4) is 0 Å². The molecule has 9 N–H and O–H groups in total. The molecule has 1 amide bonds. The van der Waals surface area contributed by atoms with Gasteiger partial charge in [-0.1, -0.05) is 191 Å².